The summed E-state index contributed by atoms with van der Waals surface area (Å²) in [6, 6.07) is 0. The molecule has 0 aromatic heterocycles. The van der Waals surface area contributed by atoms with Crippen LogP contribution in [0.4, 0.5) is 0 Å². The van der Waals surface area contributed by atoms with Crippen molar-refractivity contribution in [3.8, 4) is 0 Å². The van der Waals surface area contributed by atoms with Crippen molar-refractivity contribution in [2.75, 3.05) is 0 Å². The van der Waals surface area contributed by atoms with Gasteiger partial charge >= 0.3 is 0 Å². The Morgan fingerprint density at radius 2 is 2.00 bits per heavy atom. The molecule has 0 aromatic carbocycles. The Kier molecular flexibility index (Phi) is 7.43. The molecule has 1 aliphatic carbocycles. The van der Waals surface area contributed by atoms with Gasteiger partial charge in [-0.2, -0.15) is 5.57 Å². The average Bonchev–Trinajstić information content (AvgIpc) is 1.91. The Morgan fingerprint density at radius 3 is 2.11 bits per heavy atom. The van der Waals surface area contributed by atoms with Gasteiger partial charge in [0.15, 0.2) is 0 Å². The van der Waals surface area contributed by atoms with Crippen molar-refractivity contribution < 1.29 is 25.8 Å². The smallest absolute Gasteiger partial charge is 0 e. The van der Waals surface area contributed by atoms with E-state index < -0.39 is 0 Å². The van der Waals surface area contributed by atoms with E-state index in [1.54, 1.807) is 0 Å². The van der Waals surface area contributed by atoms with Gasteiger partial charge in [0.25, 0.3) is 0 Å². The molecule has 0 amide bonds. The van der Waals surface area contributed by atoms with Crippen molar-refractivity contribution >= 4 is 12.4 Å². The predicted octanol–water partition coefficient (Wildman–Crippen LogP) is 2.51. The number of halogens is 1. The van der Waals surface area contributed by atoms with E-state index in [0.29, 0.717) is 0 Å². The van der Waals surface area contributed by atoms with Crippen molar-refractivity contribution in [2.24, 2.45) is 0 Å². The molecule has 9 heavy (non-hydrogen) atoms. The second-order valence-corrected chi connectivity index (χ2v) is 1.99. The first-order chi connectivity index (χ1) is 3.30. The third kappa shape index (κ3) is 3.36. The van der Waals surface area contributed by atoms with Crippen LogP contribution >= 0.6 is 12.4 Å². The van der Waals surface area contributed by atoms with Crippen LogP contribution in [0.25, 0.3) is 0 Å². The summed E-state index contributed by atoms with van der Waals surface area (Å²) < 4.78 is 0. The molecule has 0 aliphatic heterocycles. The molecule has 0 heterocycles. The van der Waals surface area contributed by atoms with Crippen molar-refractivity contribution in [1.29, 1.82) is 0 Å². The fourth-order valence-corrected chi connectivity index (χ4v) is 0.620. The number of rotatable bonds is 0. The molecule has 2 heteroatoms. The first-order valence-electron chi connectivity index (χ1n) is 2.53. The van der Waals surface area contributed by atoms with Crippen molar-refractivity contribution in [1.82, 2.24) is 0 Å². The molecule has 50 valence electrons. The van der Waals surface area contributed by atoms with Crippen LogP contribution < -0.4 is 0 Å². The van der Waals surface area contributed by atoms with Gasteiger partial charge in [0, 0.05) is 25.8 Å². The monoisotopic (exact) mass is 309 g/mol. The SMILES string of the molecule is CC1=C(C)C[C-]=C1.Cl.[Hf]. The predicted molar refractivity (Wildman–Crippen MR) is 38.1 cm³/mol. The molecule has 0 radical (unpaired) electrons. The van der Waals surface area contributed by atoms with Crippen LogP contribution in [0, 0.1) is 6.08 Å². The normalized spacial score (nSPS) is 14.9. The van der Waals surface area contributed by atoms with Gasteiger partial charge in [0.2, 0.25) is 0 Å². The first-order valence-corrected chi connectivity index (χ1v) is 2.53. The summed E-state index contributed by atoms with van der Waals surface area (Å²) in [7, 11) is 0. The van der Waals surface area contributed by atoms with E-state index >= 15 is 0 Å². The zero-order valence-corrected chi connectivity index (χ0v) is 10.1. The van der Waals surface area contributed by atoms with Crippen molar-refractivity contribution in [2.45, 2.75) is 20.3 Å². The van der Waals surface area contributed by atoms with E-state index in [1.165, 1.54) is 11.1 Å². The fraction of sp³-hybridized carbons (Fsp3) is 0.429. The Labute approximate surface area is 81.6 Å². The van der Waals surface area contributed by atoms with E-state index in [1.807, 2.05) is 0 Å². The number of hydrogen-bond donors (Lipinski definition) is 0. The largest absolute Gasteiger partial charge is 0.272 e. The molecule has 0 spiro atoms. The molecule has 1 aliphatic rings. The van der Waals surface area contributed by atoms with E-state index in [-0.39, 0.29) is 38.3 Å². The zero-order valence-electron chi connectivity index (χ0n) is 5.69. The van der Waals surface area contributed by atoms with Crippen LogP contribution in [-0.4, -0.2) is 0 Å². The van der Waals surface area contributed by atoms with Gasteiger partial charge in [0.05, 0.1) is 0 Å². The van der Waals surface area contributed by atoms with E-state index in [2.05, 4.69) is 26.0 Å². The molecule has 0 fully saturated rings. The summed E-state index contributed by atoms with van der Waals surface area (Å²) in [5, 5.41) is 0. The Balaban J connectivity index is 0. The van der Waals surface area contributed by atoms with Gasteiger partial charge in [-0.25, -0.2) is 11.6 Å². The van der Waals surface area contributed by atoms with Crippen LogP contribution in [0.2, 0.25) is 0 Å². The van der Waals surface area contributed by atoms with Gasteiger partial charge in [-0.1, -0.05) is 6.92 Å². The van der Waals surface area contributed by atoms with E-state index in [4.69, 9.17) is 0 Å². The molecule has 0 N–H and O–H groups in total. The summed E-state index contributed by atoms with van der Waals surface area (Å²) in [5.41, 5.74) is 2.85. The Hall–Kier alpha value is 0.640. The third-order valence-corrected chi connectivity index (χ3v) is 1.36. The summed E-state index contributed by atoms with van der Waals surface area (Å²) in [6.07, 6.45) is 6.22. The topological polar surface area (TPSA) is 0 Å². The Bertz CT molecular complexity index is 136. The molecular formula is C7H10ClHf-. The van der Waals surface area contributed by atoms with E-state index in [0.717, 1.165) is 6.42 Å². The maximum absolute atomic E-state index is 3.12. The van der Waals surface area contributed by atoms with Crippen LogP contribution in [0.5, 0.6) is 0 Å². The fourth-order valence-electron chi connectivity index (χ4n) is 0.620. The standard InChI is InChI=1S/C7H9.ClH.Hf/c1-6-4-3-5-7(6)2;;/h4H,5H2,1-2H3;1H;/q-1;;. The minimum Gasteiger partial charge on any atom is -0.272 e. The molecule has 1 rings (SSSR count). The van der Waals surface area contributed by atoms with Gasteiger partial charge in [0.1, 0.15) is 0 Å². The van der Waals surface area contributed by atoms with Crippen LogP contribution in [0.1, 0.15) is 20.3 Å². The molecule has 0 bridgehead atoms. The maximum Gasteiger partial charge on any atom is 0 e. The van der Waals surface area contributed by atoms with Crippen LogP contribution in [0.3, 0.4) is 0 Å². The molecule has 0 aromatic rings. The second-order valence-electron chi connectivity index (χ2n) is 1.99. The third-order valence-electron chi connectivity index (χ3n) is 1.36. The summed E-state index contributed by atoms with van der Waals surface area (Å²) in [4.78, 5) is 0. The summed E-state index contributed by atoms with van der Waals surface area (Å²) in [6.45, 7) is 4.27. The molecule has 0 atom stereocenters. The minimum absolute atomic E-state index is 0. The number of hydrogen-bond acceptors (Lipinski definition) is 0. The molecule has 0 nitrogen and oxygen atoms in total. The van der Waals surface area contributed by atoms with Crippen LogP contribution in [-0.2, 0) is 25.8 Å². The van der Waals surface area contributed by atoms with Gasteiger partial charge < -0.3 is 0 Å². The van der Waals surface area contributed by atoms with Gasteiger partial charge in [-0.3, -0.25) is 6.08 Å². The number of allylic oxidation sites excluding steroid dienone is 4. The van der Waals surface area contributed by atoms with Crippen molar-refractivity contribution in [3.63, 3.8) is 0 Å². The van der Waals surface area contributed by atoms with E-state index in [9.17, 15) is 0 Å². The molecule has 0 unspecified atom stereocenters. The quantitative estimate of drug-likeness (QED) is 0.476. The Morgan fingerprint density at radius 1 is 1.44 bits per heavy atom. The van der Waals surface area contributed by atoms with Gasteiger partial charge in [-0.05, 0) is 0 Å². The molecule has 0 saturated carbocycles. The first kappa shape index (κ1) is 12.3. The maximum atomic E-state index is 3.12. The molecular weight excluding hydrogens is 298 g/mol. The second kappa shape index (κ2) is 5.43. The van der Waals surface area contributed by atoms with Crippen LogP contribution in [0.15, 0.2) is 17.2 Å². The molecule has 0 saturated heterocycles. The van der Waals surface area contributed by atoms with Gasteiger partial charge in [-0.15, -0.1) is 25.8 Å². The summed E-state index contributed by atoms with van der Waals surface area (Å²) >= 11 is 0. The zero-order chi connectivity index (χ0) is 5.28. The van der Waals surface area contributed by atoms with Crippen molar-refractivity contribution in [3.05, 3.63) is 23.3 Å². The average molecular weight is 308 g/mol. The minimum atomic E-state index is 0. The summed E-state index contributed by atoms with van der Waals surface area (Å²) in [5.74, 6) is 0.